The molecule has 0 aliphatic carbocycles. The van der Waals surface area contributed by atoms with Gasteiger partial charge in [-0.25, -0.2) is 0 Å². The number of aromatic hydroxyl groups is 1. The number of phenolic OH excluding ortho intramolecular Hbond substituents is 1. The third-order valence-corrected chi connectivity index (χ3v) is 6.55. The number of nitrogens with zero attached hydrogens (tertiary/aromatic N) is 2. The Labute approximate surface area is 205 Å². The summed E-state index contributed by atoms with van der Waals surface area (Å²) in [6.45, 7) is 9.56. The summed E-state index contributed by atoms with van der Waals surface area (Å²) in [6.07, 6.45) is 0. The zero-order chi connectivity index (χ0) is 25.1. The third-order valence-electron chi connectivity index (χ3n) is 6.55. The fourth-order valence-electron chi connectivity index (χ4n) is 4.64. The number of ketones is 1. The van der Waals surface area contributed by atoms with Crippen molar-refractivity contribution in [2.75, 3.05) is 46.0 Å². The lowest BCUT2D eigenvalue weighted by atomic mass is 9.93. The summed E-state index contributed by atoms with van der Waals surface area (Å²) in [4.78, 5) is 30.3. The second-order valence-corrected chi connectivity index (χ2v) is 8.93. The number of ether oxygens (including phenoxy) is 2. The number of aliphatic hydroxyl groups is 1. The second kappa shape index (κ2) is 10.5. The van der Waals surface area contributed by atoms with Crippen LogP contribution in [0, 0.1) is 13.8 Å². The minimum Gasteiger partial charge on any atom is -0.507 e. The predicted octanol–water partition coefficient (Wildman–Crippen LogP) is 3.16. The fraction of sp³-hybridized carbons (Fsp3) is 0.407. The molecule has 2 fully saturated rings. The van der Waals surface area contributed by atoms with Crippen LogP contribution in [-0.2, 0) is 14.3 Å². The number of rotatable bonds is 7. The van der Waals surface area contributed by atoms with Gasteiger partial charge in [-0.15, -0.1) is 0 Å². The number of carbonyl (C=O) groups excluding carboxylic acids is 2. The van der Waals surface area contributed by atoms with Crippen LogP contribution in [0.2, 0.25) is 0 Å². The van der Waals surface area contributed by atoms with Gasteiger partial charge in [-0.05, 0) is 50.1 Å². The molecule has 0 bridgehead atoms. The SMILES string of the molecule is CCOc1cc(C2C(=C(O)c3cc(C)ccc3C)C(=O)C(=O)N2CCN2CCOCC2)ccc1O. The molecular weight excluding hydrogens is 448 g/mol. The highest BCUT2D eigenvalue weighted by atomic mass is 16.5. The van der Waals surface area contributed by atoms with E-state index in [4.69, 9.17) is 9.47 Å². The van der Waals surface area contributed by atoms with Crippen LogP contribution in [0.15, 0.2) is 42.0 Å². The lowest BCUT2D eigenvalue weighted by Gasteiger charge is -2.31. The molecule has 1 atom stereocenters. The maximum absolute atomic E-state index is 13.3. The number of benzene rings is 2. The third kappa shape index (κ3) is 5.04. The quantitative estimate of drug-likeness (QED) is 0.357. The van der Waals surface area contributed by atoms with E-state index in [1.807, 2.05) is 32.0 Å². The first kappa shape index (κ1) is 24.8. The normalized spacial score (nSPS) is 20.4. The minimum atomic E-state index is -0.809. The van der Waals surface area contributed by atoms with E-state index in [2.05, 4.69) is 4.90 Å². The van der Waals surface area contributed by atoms with Crippen LogP contribution in [0.25, 0.3) is 5.76 Å². The van der Waals surface area contributed by atoms with Gasteiger partial charge in [0.2, 0.25) is 0 Å². The van der Waals surface area contributed by atoms with Gasteiger partial charge in [0.05, 0.1) is 31.4 Å². The first-order valence-corrected chi connectivity index (χ1v) is 11.9. The van der Waals surface area contributed by atoms with Crippen molar-refractivity contribution in [2.24, 2.45) is 0 Å². The van der Waals surface area contributed by atoms with Crippen LogP contribution in [0.1, 0.15) is 35.2 Å². The average molecular weight is 481 g/mol. The highest BCUT2D eigenvalue weighted by molar-refractivity contribution is 6.46. The summed E-state index contributed by atoms with van der Waals surface area (Å²) in [5.41, 5.74) is 2.87. The lowest BCUT2D eigenvalue weighted by Crippen LogP contribution is -2.42. The molecule has 2 aromatic rings. The summed E-state index contributed by atoms with van der Waals surface area (Å²) in [5.74, 6) is -1.34. The number of likely N-dealkylation sites (tertiary alicyclic amines) is 1. The molecule has 186 valence electrons. The fourth-order valence-corrected chi connectivity index (χ4v) is 4.64. The number of carbonyl (C=O) groups is 2. The zero-order valence-corrected chi connectivity index (χ0v) is 20.4. The van der Waals surface area contributed by atoms with E-state index in [-0.39, 0.29) is 22.8 Å². The van der Waals surface area contributed by atoms with Crippen LogP contribution in [0.5, 0.6) is 11.5 Å². The van der Waals surface area contributed by atoms with E-state index in [9.17, 15) is 19.8 Å². The average Bonchev–Trinajstić information content (AvgIpc) is 3.11. The molecule has 2 aliphatic rings. The Morgan fingerprint density at radius 3 is 2.54 bits per heavy atom. The number of morpholine rings is 1. The zero-order valence-electron chi connectivity index (χ0n) is 20.4. The van der Waals surface area contributed by atoms with Crippen molar-refractivity contribution >= 4 is 17.4 Å². The Hall–Kier alpha value is -3.36. The first-order valence-electron chi connectivity index (χ1n) is 11.9. The van der Waals surface area contributed by atoms with E-state index in [1.54, 1.807) is 19.1 Å². The van der Waals surface area contributed by atoms with Crippen molar-refractivity contribution in [1.29, 1.82) is 0 Å². The van der Waals surface area contributed by atoms with Crippen molar-refractivity contribution in [3.63, 3.8) is 0 Å². The standard InChI is InChI=1S/C27H32N2O6/c1-4-35-22-16-19(7-8-21(22)30)24-23(25(31)20-15-17(2)5-6-18(20)3)26(32)27(33)29(24)10-9-28-11-13-34-14-12-28/h5-8,15-16,24,30-31H,4,9-14H2,1-3H3. The maximum atomic E-state index is 13.3. The Kier molecular flexibility index (Phi) is 7.42. The van der Waals surface area contributed by atoms with Gasteiger partial charge in [0, 0.05) is 31.7 Å². The molecule has 0 saturated carbocycles. The van der Waals surface area contributed by atoms with Gasteiger partial charge in [-0.3, -0.25) is 14.5 Å². The van der Waals surface area contributed by atoms with E-state index >= 15 is 0 Å². The summed E-state index contributed by atoms with van der Waals surface area (Å²) in [7, 11) is 0. The van der Waals surface area contributed by atoms with E-state index in [1.165, 1.54) is 11.0 Å². The molecule has 8 heteroatoms. The van der Waals surface area contributed by atoms with Crippen molar-refractivity contribution in [1.82, 2.24) is 9.80 Å². The Balaban J connectivity index is 1.81. The summed E-state index contributed by atoms with van der Waals surface area (Å²) in [6, 6.07) is 9.59. The van der Waals surface area contributed by atoms with Gasteiger partial charge in [0.1, 0.15) is 5.76 Å². The molecular formula is C27H32N2O6. The van der Waals surface area contributed by atoms with Gasteiger partial charge < -0.3 is 24.6 Å². The smallest absolute Gasteiger partial charge is 0.295 e. The number of hydrogen-bond donors (Lipinski definition) is 2. The number of aryl methyl sites for hydroxylation is 2. The predicted molar refractivity (Wildman–Crippen MR) is 131 cm³/mol. The molecule has 2 heterocycles. The molecule has 2 saturated heterocycles. The summed E-state index contributed by atoms with van der Waals surface area (Å²) < 4.78 is 11.0. The van der Waals surface area contributed by atoms with Crippen LogP contribution in [0.4, 0.5) is 0 Å². The molecule has 1 amide bonds. The van der Waals surface area contributed by atoms with E-state index in [0.717, 1.165) is 24.2 Å². The largest absolute Gasteiger partial charge is 0.507 e. The molecule has 2 aromatic carbocycles. The number of phenols is 1. The van der Waals surface area contributed by atoms with Crippen molar-refractivity contribution in [3.8, 4) is 11.5 Å². The molecule has 35 heavy (non-hydrogen) atoms. The van der Waals surface area contributed by atoms with Crippen molar-refractivity contribution in [3.05, 3.63) is 64.2 Å². The Morgan fingerprint density at radius 1 is 1.09 bits per heavy atom. The Morgan fingerprint density at radius 2 is 1.83 bits per heavy atom. The number of Topliss-reactive ketones (excluding diaryl/α,β-unsaturated/α-hetero) is 1. The van der Waals surface area contributed by atoms with Crippen LogP contribution < -0.4 is 4.74 Å². The van der Waals surface area contributed by atoms with Gasteiger partial charge >= 0.3 is 0 Å². The molecule has 8 nitrogen and oxygen atoms in total. The van der Waals surface area contributed by atoms with Gasteiger partial charge in [0.25, 0.3) is 11.7 Å². The topological polar surface area (TPSA) is 99.5 Å². The molecule has 4 rings (SSSR count). The van der Waals surface area contributed by atoms with Crippen LogP contribution in [-0.4, -0.2) is 77.7 Å². The highest BCUT2D eigenvalue weighted by Gasteiger charge is 2.46. The minimum absolute atomic E-state index is 0.0320. The first-order chi connectivity index (χ1) is 16.8. The second-order valence-electron chi connectivity index (χ2n) is 8.93. The van der Waals surface area contributed by atoms with Gasteiger partial charge in [-0.2, -0.15) is 0 Å². The van der Waals surface area contributed by atoms with Gasteiger partial charge in [-0.1, -0.05) is 23.8 Å². The Bertz CT molecular complexity index is 1150. The molecule has 2 N–H and O–H groups in total. The van der Waals surface area contributed by atoms with E-state index < -0.39 is 17.7 Å². The number of aliphatic hydroxyl groups excluding tert-OH is 1. The van der Waals surface area contributed by atoms with Crippen LogP contribution in [0.3, 0.4) is 0 Å². The number of amides is 1. The molecule has 1 unspecified atom stereocenters. The molecule has 0 spiro atoms. The maximum Gasteiger partial charge on any atom is 0.295 e. The molecule has 2 aliphatic heterocycles. The monoisotopic (exact) mass is 480 g/mol. The highest BCUT2D eigenvalue weighted by Crippen LogP contribution is 2.42. The molecule has 0 radical (unpaired) electrons. The van der Waals surface area contributed by atoms with Crippen molar-refractivity contribution < 1.29 is 29.3 Å². The molecule has 0 aromatic heterocycles. The lowest BCUT2D eigenvalue weighted by molar-refractivity contribution is -0.140. The summed E-state index contributed by atoms with van der Waals surface area (Å²) >= 11 is 0. The van der Waals surface area contributed by atoms with Crippen molar-refractivity contribution in [2.45, 2.75) is 26.8 Å². The van der Waals surface area contributed by atoms with Gasteiger partial charge in [0.15, 0.2) is 11.5 Å². The number of hydrogen-bond acceptors (Lipinski definition) is 7. The van der Waals surface area contributed by atoms with Crippen LogP contribution >= 0.6 is 0 Å². The van der Waals surface area contributed by atoms with E-state index in [0.29, 0.717) is 44.0 Å². The summed E-state index contributed by atoms with van der Waals surface area (Å²) in [5, 5.41) is 21.6.